The molecule has 0 bridgehead atoms. The number of methoxy groups -OCH3 is 6. The molecule has 0 aliphatic carbocycles. The third-order valence-electron chi connectivity index (χ3n) is 8.39. The lowest BCUT2D eigenvalue weighted by Crippen LogP contribution is -2.21. The van der Waals surface area contributed by atoms with E-state index in [1.807, 2.05) is 72.8 Å². The third-order valence-corrected chi connectivity index (χ3v) is 9.05. The van der Waals surface area contributed by atoms with Crippen LogP contribution in [-0.4, -0.2) is 53.1 Å². The van der Waals surface area contributed by atoms with E-state index in [1.54, 1.807) is 42.7 Å². The van der Waals surface area contributed by atoms with Gasteiger partial charge in [0.15, 0.2) is 34.5 Å². The van der Waals surface area contributed by atoms with Crippen LogP contribution in [0.3, 0.4) is 0 Å². The summed E-state index contributed by atoms with van der Waals surface area (Å²) in [7, 11) is 9.64. The molecule has 0 unspecified atom stereocenters. The minimum absolute atomic E-state index is 0.259. The van der Waals surface area contributed by atoms with Crippen LogP contribution in [0.4, 0.5) is 5.69 Å². The molecule has 1 amide bonds. The van der Waals surface area contributed by atoms with Crippen molar-refractivity contribution in [2.24, 2.45) is 0 Å². The van der Waals surface area contributed by atoms with Crippen molar-refractivity contribution in [3.63, 3.8) is 0 Å². The molecule has 9 nitrogen and oxygen atoms in total. The Bertz CT molecular complexity index is 1970. The molecular formula is C37H35BrN2O7. The van der Waals surface area contributed by atoms with E-state index in [2.05, 4.69) is 25.8 Å². The average molecular weight is 700 g/mol. The minimum atomic E-state index is -0.259. The number of carbonyl (C=O) groups is 1. The molecule has 10 heteroatoms. The quantitative estimate of drug-likeness (QED) is 0.158. The fourth-order valence-corrected chi connectivity index (χ4v) is 6.75. The summed E-state index contributed by atoms with van der Waals surface area (Å²) in [5, 5.41) is 3.14. The monoisotopic (exact) mass is 698 g/mol. The first-order valence-electron chi connectivity index (χ1n) is 14.9. The Morgan fingerprint density at radius 1 is 0.660 bits per heavy atom. The van der Waals surface area contributed by atoms with Crippen LogP contribution in [0.15, 0.2) is 77.3 Å². The van der Waals surface area contributed by atoms with Crippen LogP contribution in [0, 0.1) is 0 Å². The molecule has 0 fully saturated rings. The van der Waals surface area contributed by atoms with Gasteiger partial charge in [0.25, 0.3) is 5.91 Å². The number of rotatable bonds is 10. The SMILES string of the molecule is COc1ccc(-c2c(-c3cc(OC)c(OC)cc3Br)c(C(=O)Nc3ccccc3)n3c2-c2cc(OC)c(OC)cc2CC3)cc1OC. The molecular weight excluding hydrogens is 664 g/mol. The van der Waals surface area contributed by atoms with Crippen LogP contribution in [0.1, 0.15) is 16.1 Å². The van der Waals surface area contributed by atoms with E-state index in [-0.39, 0.29) is 5.91 Å². The molecule has 0 spiro atoms. The molecule has 4 aromatic carbocycles. The van der Waals surface area contributed by atoms with Gasteiger partial charge in [0.1, 0.15) is 5.69 Å². The zero-order valence-electron chi connectivity index (χ0n) is 27.0. The fraction of sp³-hybridized carbons (Fsp3) is 0.216. The lowest BCUT2D eigenvalue weighted by atomic mass is 9.89. The largest absolute Gasteiger partial charge is 0.493 e. The van der Waals surface area contributed by atoms with E-state index >= 15 is 0 Å². The highest BCUT2D eigenvalue weighted by molar-refractivity contribution is 9.10. The molecule has 0 atom stereocenters. The predicted molar refractivity (Wildman–Crippen MR) is 186 cm³/mol. The maximum absolute atomic E-state index is 14.6. The Kier molecular flexibility index (Phi) is 9.04. The third kappa shape index (κ3) is 5.63. The number of ether oxygens (including phenoxy) is 6. The summed E-state index contributed by atoms with van der Waals surface area (Å²) >= 11 is 3.80. The van der Waals surface area contributed by atoms with E-state index in [0.717, 1.165) is 38.0 Å². The Hall–Kier alpha value is -5.09. The zero-order valence-corrected chi connectivity index (χ0v) is 28.6. The van der Waals surface area contributed by atoms with Crippen molar-refractivity contribution < 1.29 is 33.2 Å². The van der Waals surface area contributed by atoms with Crippen LogP contribution < -0.4 is 33.7 Å². The van der Waals surface area contributed by atoms with Crippen molar-refractivity contribution >= 4 is 27.5 Å². The van der Waals surface area contributed by atoms with Gasteiger partial charge in [-0.15, -0.1) is 0 Å². The van der Waals surface area contributed by atoms with E-state index < -0.39 is 0 Å². The topological polar surface area (TPSA) is 89.4 Å². The van der Waals surface area contributed by atoms with E-state index in [0.29, 0.717) is 64.4 Å². The van der Waals surface area contributed by atoms with Gasteiger partial charge in [-0.1, -0.05) is 40.2 Å². The van der Waals surface area contributed by atoms with Crippen LogP contribution in [0.5, 0.6) is 34.5 Å². The van der Waals surface area contributed by atoms with Gasteiger partial charge in [-0.3, -0.25) is 4.79 Å². The molecule has 0 saturated carbocycles. The standard InChI is InChI=1S/C37H35BrN2O7/c1-42-27-13-12-22(17-28(27)43-2)33-34(25-19-31(46-5)32(47-6)20-26(25)38)36(37(41)39-23-10-8-7-9-11-23)40-15-14-21-16-29(44-3)30(45-4)18-24(21)35(33)40/h7-13,16-20H,14-15H2,1-6H3,(H,39,41). The van der Waals surface area contributed by atoms with Crippen molar-refractivity contribution in [2.45, 2.75) is 13.0 Å². The average Bonchev–Trinajstić information content (AvgIpc) is 3.46. The number of halogens is 1. The molecule has 0 saturated heterocycles. The predicted octanol–water partition coefficient (Wildman–Crippen LogP) is 8.11. The highest BCUT2D eigenvalue weighted by Crippen LogP contribution is 2.52. The molecule has 5 aromatic rings. The molecule has 242 valence electrons. The van der Waals surface area contributed by atoms with E-state index in [1.165, 1.54) is 0 Å². The minimum Gasteiger partial charge on any atom is -0.493 e. The number of benzene rings is 4. The number of carbonyl (C=O) groups excluding carboxylic acids is 1. The molecule has 1 N–H and O–H groups in total. The smallest absolute Gasteiger partial charge is 0.272 e. The number of hydrogen-bond donors (Lipinski definition) is 1. The zero-order chi connectivity index (χ0) is 33.2. The summed E-state index contributed by atoms with van der Waals surface area (Å²) in [6.45, 7) is 0.542. The first kappa shape index (κ1) is 31.9. The molecule has 1 aliphatic rings. The van der Waals surface area contributed by atoms with E-state index in [4.69, 9.17) is 28.4 Å². The number of nitrogens with zero attached hydrogens (tertiary/aromatic N) is 1. The molecule has 47 heavy (non-hydrogen) atoms. The van der Waals surface area contributed by atoms with Gasteiger partial charge in [0, 0.05) is 39.0 Å². The van der Waals surface area contributed by atoms with Crippen LogP contribution in [-0.2, 0) is 13.0 Å². The Balaban J connectivity index is 1.76. The second-order valence-electron chi connectivity index (χ2n) is 10.8. The summed E-state index contributed by atoms with van der Waals surface area (Å²) in [5.41, 5.74) is 7.12. The number of hydrogen-bond acceptors (Lipinski definition) is 7. The van der Waals surface area contributed by atoms with Crippen molar-refractivity contribution in [1.29, 1.82) is 0 Å². The highest BCUT2D eigenvalue weighted by atomic mass is 79.9. The second kappa shape index (κ2) is 13.3. The first-order chi connectivity index (χ1) is 22.9. The Labute approximate surface area is 282 Å². The number of amides is 1. The molecule has 6 rings (SSSR count). The number of para-hydroxylation sites is 1. The van der Waals surface area contributed by atoms with Crippen molar-refractivity contribution in [3.05, 3.63) is 88.5 Å². The van der Waals surface area contributed by atoms with Gasteiger partial charge in [-0.25, -0.2) is 0 Å². The molecule has 0 radical (unpaired) electrons. The highest BCUT2D eigenvalue weighted by Gasteiger charge is 2.35. The van der Waals surface area contributed by atoms with Crippen LogP contribution in [0.25, 0.3) is 33.5 Å². The number of nitrogens with one attached hydrogen (secondary N) is 1. The normalized spacial score (nSPS) is 11.6. The van der Waals surface area contributed by atoms with Crippen LogP contribution >= 0.6 is 15.9 Å². The summed E-state index contributed by atoms with van der Waals surface area (Å²) < 4.78 is 37.0. The fourth-order valence-electron chi connectivity index (χ4n) is 6.23. The van der Waals surface area contributed by atoms with Gasteiger partial charge in [-0.2, -0.15) is 0 Å². The van der Waals surface area contributed by atoms with Crippen LogP contribution in [0.2, 0.25) is 0 Å². The van der Waals surface area contributed by atoms with Gasteiger partial charge in [-0.05, 0) is 66.1 Å². The Morgan fingerprint density at radius 3 is 1.87 bits per heavy atom. The summed E-state index contributed by atoms with van der Waals surface area (Å²) in [6.07, 6.45) is 0.668. The summed E-state index contributed by atoms with van der Waals surface area (Å²) in [5.74, 6) is 3.19. The van der Waals surface area contributed by atoms with Gasteiger partial charge in [0.05, 0.1) is 48.4 Å². The maximum Gasteiger partial charge on any atom is 0.272 e. The van der Waals surface area contributed by atoms with Crippen molar-refractivity contribution in [3.8, 4) is 68.0 Å². The Morgan fingerprint density at radius 2 is 1.23 bits per heavy atom. The number of aromatic nitrogens is 1. The second-order valence-corrected chi connectivity index (χ2v) is 11.6. The van der Waals surface area contributed by atoms with Gasteiger partial charge >= 0.3 is 0 Å². The number of anilines is 1. The summed E-state index contributed by atoms with van der Waals surface area (Å²) in [6, 6.07) is 22.9. The first-order valence-corrected chi connectivity index (χ1v) is 15.7. The molecule has 1 aliphatic heterocycles. The van der Waals surface area contributed by atoms with Gasteiger partial charge < -0.3 is 38.3 Å². The van der Waals surface area contributed by atoms with Crippen molar-refractivity contribution in [2.75, 3.05) is 48.0 Å². The van der Waals surface area contributed by atoms with Gasteiger partial charge in [0.2, 0.25) is 0 Å². The lowest BCUT2D eigenvalue weighted by molar-refractivity contribution is 0.101. The molecule has 1 aromatic heterocycles. The number of fused-ring (bicyclic) bond motifs is 3. The summed E-state index contributed by atoms with van der Waals surface area (Å²) in [4.78, 5) is 14.6. The number of aryl methyl sites for hydroxylation is 1. The lowest BCUT2D eigenvalue weighted by Gasteiger charge is -2.24. The molecule has 2 heterocycles. The van der Waals surface area contributed by atoms with Crippen molar-refractivity contribution in [1.82, 2.24) is 4.57 Å². The maximum atomic E-state index is 14.6. The van der Waals surface area contributed by atoms with E-state index in [9.17, 15) is 4.79 Å².